The van der Waals surface area contributed by atoms with Gasteiger partial charge in [0.15, 0.2) is 11.5 Å². The van der Waals surface area contributed by atoms with E-state index in [4.69, 9.17) is 14.2 Å². The molecular weight excluding hydrogens is 504 g/mol. The molecule has 0 radical (unpaired) electrons. The van der Waals surface area contributed by atoms with Crippen LogP contribution in [0.2, 0.25) is 0 Å². The number of benzene rings is 3. The van der Waals surface area contributed by atoms with Gasteiger partial charge in [-0.25, -0.2) is 8.42 Å². The van der Waals surface area contributed by atoms with Crippen LogP contribution in [0.1, 0.15) is 27.8 Å². The molecule has 1 amide bonds. The van der Waals surface area contributed by atoms with Crippen LogP contribution in [0, 0.1) is 20.8 Å². The molecule has 0 aliphatic heterocycles. The summed E-state index contributed by atoms with van der Waals surface area (Å²) in [6.45, 7) is 5.47. The number of amides is 1. The molecule has 0 atom stereocenters. The third-order valence-corrected chi connectivity index (χ3v) is 8.38. The number of hydrogen-bond acceptors (Lipinski definition) is 6. The number of ether oxygens (including phenoxy) is 3. The summed E-state index contributed by atoms with van der Waals surface area (Å²) in [7, 11) is 2.23. The average Bonchev–Trinajstić information content (AvgIpc) is 2.87. The molecule has 0 saturated heterocycles. The van der Waals surface area contributed by atoms with Gasteiger partial charge in [0, 0.05) is 20.1 Å². The molecule has 204 valence electrons. The number of carbonyl (C=O) groups is 1. The zero-order valence-corrected chi connectivity index (χ0v) is 23.9. The molecule has 0 heterocycles. The summed E-state index contributed by atoms with van der Waals surface area (Å²) >= 11 is 0. The first kappa shape index (κ1) is 29.0. The number of carbonyl (C=O) groups excluding carboxylic acids is 1. The fraction of sp³-hybridized carbons (Fsp3) is 0.345. The minimum atomic E-state index is -3.98. The first-order chi connectivity index (χ1) is 18.0. The number of nitrogens with zero attached hydrogens (tertiary/aromatic N) is 2. The Labute approximate surface area is 225 Å². The Balaban J connectivity index is 1.93. The topological polar surface area (TPSA) is 85.4 Å². The normalized spacial score (nSPS) is 11.4. The first-order valence-corrected chi connectivity index (χ1v) is 13.6. The van der Waals surface area contributed by atoms with E-state index in [1.54, 1.807) is 33.0 Å². The van der Waals surface area contributed by atoms with Gasteiger partial charge in [0.1, 0.15) is 0 Å². The van der Waals surface area contributed by atoms with E-state index in [-0.39, 0.29) is 30.4 Å². The van der Waals surface area contributed by atoms with Crippen molar-refractivity contribution in [2.24, 2.45) is 0 Å². The van der Waals surface area contributed by atoms with Crippen molar-refractivity contribution < 1.29 is 27.4 Å². The molecule has 0 aliphatic carbocycles. The van der Waals surface area contributed by atoms with Crippen LogP contribution in [-0.4, -0.2) is 58.5 Å². The van der Waals surface area contributed by atoms with Crippen molar-refractivity contribution in [3.8, 4) is 17.2 Å². The Morgan fingerprint density at radius 1 is 0.789 bits per heavy atom. The van der Waals surface area contributed by atoms with E-state index in [9.17, 15) is 13.2 Å². The van der Waals surface area contributed by atoms with Crippen LogP contribution < -0.4 is 14.2 Å². The molecule has 38 heavy (non-hydrogen) atoms. The van der Waals surface area contributed by atoms with Crippen molar-refractivity contribution in [2.45, 2.75) is 38.8 Å². The van der Waals surface area contributed by atoms with Crippen LogP contribution in [0.5, 0.6) is 17.2 Å². The second kappa shape index (κ2) is 12.3. The zero-order chi connectivity index (χ0) is 28.0. The summed E-state index contributed by atoms with van der Waals surface area (Å²) in [6, 6.07) is 16.5. The second-order valence-electron chi connectivity index (χ2n) is 9.27. The lowest BCUT2D eigenvalue weighted by molar-refractivity contribution is -0.130. The highest BCUT2D eigenvalue weighted by Gasteiger charge is 2.31. The van der Waals surface area contributed by atoms with Gasteiger partial charge in [0.05, 0.1) is 32.8 Å². The lowest BCUT2D eigenvalue weighted by Crippen LogP contribution is -2.41. The maximum Gasteiger partial charge on any atom is 0.244 e. The summed E-state index contributed by atoms with van der Waals surface area (Å²) < 4.78 is 45.4. The highest BCUT2D eigenvalue weighted by Crippen LogP contribution is 2.38. The molecule has 3 rings (SSSR count). The first-order valence-electron chi connectivity index (χ1n) is 12.2. The van der Waals surface area contributed by atoms with Crippen molar-refractivity contribution >= 4 is 15.9 Å². The largest absolute Gasteiger partial charge is 0.493 e. The summed E-state index contributed by atoms with van der Waals surface area (Å²) in [5, 5.41) is 0. The number of sulfonamides is 1. The Morgan fingerprint density at radius 2 is 1.34 bits per heavy atom. The molecule has 0 aromatic heterocycles. The van der Waals surface area contributed by atoms with E-state index >= 15 is 0 Å². The predicted octanol–water partition coefficient (Wildman–Crippen LogP) is 4.49. The van der Waals surface area contributed by atoms with E-state index in [0.29, 0.717) is 28.4 Å². The van der Waals surface area contributed by atoms with Gasteiger partial charge in [0.2, 0.25) is 21.7 Å². The van der Waals surface area contributed by atoms with Gasteiger partial charge in [-0.15, -0.1) is 0 Å². The quantitative estimate of drug-likeness (QED) is 0.356. The van der Waals surface area contributed by atoms with Gasteiger partial charge in [-0.3, -0.25) is 4.79 Å². The minimum Gasteiger partial charge on any atom is -0.493 e. The molecule has 0 spiro atoms. The Morgan fingerprint density at radius 3 is 1.84 bits per heavy atom. The molecule has 0 saturated carbocycles. The standard InChI is InChI=1S/C29H36N2O6S/c1-20-13-21(2)29(22(3)14-20)38(33,34)31(18-23-11-9-8-10-12-23)19-27(32)30(4)17-24-15-25(35-5)28(37-7)26(16-24)36-6/h8-16H,17-19H2,1-7H3. The SMILES string of the molecule is COc1cc(CN(C)C(=O)CN(Cc2ccccc2)S(=O)(=O)c2c(C)cc(C)cc2C)cc(OC)c1OC. The van der Waals surface area contributed by atoms with Crippen molar-refractivity contribution in [3.05, 3.63) is 82.4 Å². The minimum absolute atomic E-state index is 0.0691. The molecule has 0 unspecified atom stereocenters. The van der Waals surface area contributed by atoms with E-state index in [0.717, 1.165) is 16.7 Å². The lowest BCUT2D eigenvalue weighted by atomic mass is 10.1. The fourth-order valence-electron chi connectivity index (χ4n) is 4.58. The molecule has 3 aromatic rings. The van der Waals surface area contributed by atoms with E-state index in [1.165, 1.54) is 30.5 Å². The van der Waals surface area contributed by atoms with Crippen LogP contribution >= 0.6 is 0 Å². The van der Waals surface area contributed by atoms with Gasteiger partial charge in [0.25, 0.3) is 0 Å². The third-order valence-electron chi connectivity index (χ3n) is 6.29. The molecule has 0 N–H and O–H groups in total. The Hall–Kier alpha value is -3.56. The van der Waals surface area contributed by atoms with E-state index in [1.807, 2.05) is 49.4 Å². The van der Waals surface area contributed by atoms with Crippen LogP contribution in [0.25, 0.3) is 0 Å². The molecule has 9 heteroatoms. The van der Waals surface area contributed by atoms with Crippen LogP contribution in [0.15, 0.2) is 59.5 Å². The van der Waals surface area contributed by atoms with Gasteiger partial charge in [-0.1, -0.05) is 48.0 Å². The van der Waals surface area contributed by atoms with Gasteiger partial charge >= 0.3 is 0 Å². The molecule has 3 aromatic carbocycles. The number of rotatable bonds is 11. The number of likely N-dealkylation sites (N-methyl/N-ethyl adjacent to an activating group) is 1. The van der Waals surface area contributed by atoms with Crippen molar-refractivity contribution in [1.29, 1.82) is 0 Å². The summed E-state index contributed by atoms with van der Waals surface area (Å²) in [5.74, 6) is 1.06. The highest BCUT2D eigenvalue weighted by molar-refractivity contribution is 7.89. The Kier molecular flexibility index (Phi) is 9.40. The van der Waals surface area contributed by atoms with Crippen molar-refractivity contribution in [2.75, 3.05) is 34.9 Å². The van der Waals surface area contributed by atoms with Crippen LogP contribution in [0.4, 0.5) is 0 Å². The maximum absolute atomic E-state index is 14.0. The number of aryl methyl sites for hydroxylation is 3. The average molecular weight is 541 g/mol. The zero-order valence-electron chi connectivity index (χ0n) is 23.1. The summed E-state index contributed by atoms with van der Waals surface area (Å²) in [4.78, 5) is 15.1. The van der Waals surface area contributed by atoms with Crippen molar-refractivity contribution in [3.63, 3.8) is 0 Å². The number of methoxy groups -OCH3 is 3. The number of hydrogen-bond donors (Lipinski definition) is 0. The molecule has 8 nitrogen and oxygen atoms in total. The second-order valence-corrected chi connectivity index (χ2v) is 11.1. The molecular formula is C29H36N2O6S. The molecule has 0 aliphatic rings. The van der Waals surface area contributed by atoms with Crippen molar-refractivity contribution in [1.82, 2.24) is 9.21 Å². The van der Waals surface area contributed by atoms with E-state index < -0.39 is 10.0 Å². The predicted molar refractivity (Wildman–Crippen MR) is 147 cm³/mol. The van der Waals surface area contributed by atoms with Crippen LogP contribution in [0.3, 0.4) is 0 Å². The molecule has 0 fully saturated rings. The Bertz CT molecular complexity index is 1340. The maximum atomic E-state index is 14.0. The van der Waals surface area contributed by atoms with E-state index in [2.05, 4.69) is 0 Å². The summed E-state index contributed by atoms with van der Waals surface area (Å²) in [6.07, 6.45) is 0. The third kappa shape index (κ3) is 6.46. The highest BCUT2D eigenvalue weighted by atomic mass is 32.2. The molecule has 0 bridgehead atoms. The van der Waals surface area contributed by atoms with Gasteiger partial charge in [-0.2, -0.15) is 4.31 Å². The van der Waals surface area contributed by atoms with Gasteiger partial charge < -0.3 is 19.1 Å². The summed E-state index contributed by atoms with van der Waals surface area (Å²) in [5.41, 5.74) is 3.82. The fourth-order valence-corrected chi connectivity index (χ4v) is 6.37. The lowest BCUT2D eigenvalue weighted by Gasteiger charge is -2.27. The smallest absolute Gasteiger partial charge is 0.244 e. The van der Waals surface area contributed by atoms with Gasteiger partial charge in [-0.05, 0) is 55.2 Å². The monoisotopic (exact) mass is 540 g/mol. The van der Waals surface area contributed by atoms with Crippen LogP contribution in [-0.2, 0) is 27.9 Å².